The van der Waals surface area contributed by atoms with Gasteiger partial charge in [0.25, 0.3) is 0 Å². The second-order valence-electron chi connectivity index (χ2n) is 5.04. The first-order valence-corrected chi connectivity index (χ1v) is 7.46. The number of methoxy groups -OCH3 is 1. The molecule has 1 nitrogen and oxygen atoms in total. The summed E-state index contributed by atoms with van der Waals surface area (Å²) in [5.74, 6) is 2.48. The van der Waals surface area contributed by atoms with Crippen LogP contribution in [0.25, 0.3) is 0 Å². The van der Waals surface area contributed by atoms with Gasteiger partial charge in [0, 0.05) is 5.33 Å². The fourth-order valence-corrected chi connectivity index (χ4v) is 2.45. The van der Waals surface area contributed by atoms with Gasteiger partial charge in [-0.15, -0.1) is 0 Å². The smallest absolute Gasteiger partial charge is 0.118 e. The minimum atomic E-state index is 0.741. The Bertz CT molecular complexity index is 305. The predicted octanol–water partition coefficient (Wildman–Crippen LogP) is 4.69. The number of hydrogen-bond acceptors (Lipinski definition) is 1. The molecular weight excluding hydrogens is 276 g/mol. The third-order valence-corrected chi connectivity index (χ3v) is 3.97. The summed E-state index contributed by atoms with van der Waals surface area (Å²) in [7, 11) is 1.71. The average Bonchev–Trinajstić information content (AvgIpc) is 2.35. The Kier molecular flexibility index (Phi) is 6.64. The van der Waals surface area contributed by atoms with Crippen molar-refractivity contribution in [2.24, 2.45) is 11.8 Å². The van der Waals surface area contributed by atoms with E-state index >= 15 is 0 Å². The highest BCUT2D eigenvalue weighted by atomic mass is 79.9. The Morgan fingerprint density at radius 3 is 2.24 bits per heavy atom. The molecule has 0 fully saturated rings. The summed E-state index contributed by atoms with van der Waals surface area (Å²) in [5.41, 5.74) is 1.40. The quantitative estimate of drug-likeness (QED) is 0.664. The van der Waals surface area contributed by atoms with E-state index < -0.39 is 0 Å². The van der Waals surface area contributed by atoms with E-state index in [0.29, 0.717) is 0 Å². The van der Waals surface area contributed by atoms with Crippen LogP contribution in [0.4, 0.5) is 0 Å². The van der Waals surface area contributed by atoms with Crippen molar-refractivity contribution in [2.75, 3.05) is 12.4 Å². The van der Waals surface area contributed by atoms with Gasteiger partial charge in [-0.1, -0.05) is 48.3 Å². The molecular formula is C15H23BrO. The van der Waals surface area contributed by atoms with E-state index in [1.807, 2.05) is 12.1 Å². The van der Waals surface area contributed by atoms with E-state index in [2.05, 4.69) is 41.9 Å². The van der Waals surface area contributed by atoms with Gasteiger partial charge in [-0.05, 0) is 42.4 Å². The number of hydrogen-bond donors (Lipinski definition) is 0. The Hall–Kier alpha value is -0.500. The van der Waals surface area contributed by atoms with E-state index in [9.17, 15) is 0 Å². The lowest BCUT2D eigenvalue weighted by atomic mass is 9.93. The Morgan fingerprint density at radius 2 is 1.76 bits per heavy atom. The summed E-state index contributed by atoms with van der Waals surface area (Å²) in [6.07, 6.45) is 3.77. The van der Waals surface area contributed by atoms with Crippen LogP contribution in [0.5, 0.6) is 5.75 Å². The summed E-state index contributed by atoms with van der Waals surface area (Å²) in [6, 6.07) is 8.43. The van der Waals surface area contributed by atoms with Gasteiger partial charge in [-0.25, -0.2) is 0 Å². The minimum absolute atomic E-state index is 0.741. The molecule has 0 aliphatic heterocycles. The van der Waals surface area contributed by atoms with Gasteiger partial charge >= 0.3 is 0 Å². The maximum atomic E-state index is 5.17. The van der Waals surface area contributed by atoms with Crippen LogP contribution in [0, 0.1) is 11.8 Å². The van der Waals surface area contributed by atoms with Crippen LogP contribution in [0.15, 0.2) is 24.3 Å². The van der Waals surface area contributed by atoms with E-state index in [4.69, 9.17) is 4.74 Å². The summed E-state index contributed by atoms with van der Waals surface area (Å²) >= 11 is 3.63. The molecule has 0 aliphatic carbocycles. The zero-order valence-corrected chi connectivity index (χ0v) is 12.7. The standard InChI is InChI=1S/C15H23BrO/c1-12(2)4-5-14(11-16)10-13-6-8-15(17-3)9-7-13/h6-9,12,14H,4-5,10-11H2,1-3H3. The minimum Gasteiger partial charge on any atom is -0.497 e. The lowest BCUT2D eigenvalue weighted by Crippen LogP contribution is -2.07. The highest BCUT2D eigenvalue weighted by Crippen LogP contribution is 2.20. The molecule has 0 N–H and O–H groups in total. The maximum absolute atomic E-state index is 5.17. The molecule has 1 unspecified atom stereocenters. The summed E-state index contributed by atoms with van der Waals surface area (Å²) in [6.45, 7) is 4.58. The van der Waals surface area contributed by atoms with Gasteiger partial charge in [-0.3, -0.25) is 0 Å². The molecule has 1 aromatic rings. The monoisotopic (exact) mass is 298 g/mol. The lowest BCUT2D eigenvalue weighted by molar-refractivity contribution is 0.414. The number of rotatable bonds is 7. The van der Waals surface area contributed by atoms with Crippen molar-refractivity contribution < 1.29 is 4.74 Å². The van der Waals surface area contributed by atoms with E-state index in [-0.39, 0.29) is 0 Å². The molecule has 17 heavy (non-hydrogen) atoms. The highest BCUT2D eigenvalue weighted by Gasteiger charge is 2.09. The van der Waals surface area contributed by atoms with Crippen LogP contribution in [0.2, 0.25) is 0 Å². The number of benzene rings is 1. The molecule has 0 saturated carbocycles. The molecule has 1 aromatic carbocycles. The largest absolute Gasteiger partial charge is 0.497 e. The topological polar surface area (TPSA) is 9.23 Å². The Balaban J connectivity index is 2.48. The number of halogens is 1. The predicted molar refractivity (Wildman–Crippen MR) is 78.1 cm³/mol. The van der Waals surface area contributed by atoms with E-state index in [0.717, 1.165) is 29.3 Å². The lowest BCUT2D eigenvalue weighted by Gasteiger charge is -2.15. The molecule has 1 atom stereocenters. The van der Waals surface area contributed by atoms with E-state index in [1.165, 1.54) is 18.4 Å². The molecule has 0 amide bonds. The third-order valence-electron chi connectivity index (χ3n) is 3.05. The molecule has 0 spiro atoms. The van der Waals surface area contributed by atoms with Gasteiger partial charge in [0.15, 0.2) is 0 Å². The highest BCUT2D eigenvalue weighted by molar-refractivity contribution is 9.09. The van der Waals surface area contributed by atoms with Crippen molar-refractivity contribution in [3.05, 3.63) is 29.8 Å². The van der Waals surface area contributed by atoms with Crippen molar-refractivity contribution in [3.8, 4) is 5.75 Å². The third kappa shape index (κ3) is 5.58. The first-order chi connectivity index (χ1) is 8.15. The summed E-state index contributed by atoms with van der Waals surface area (Å²) in [4.78, 5) is 0. The zero-order chi connectivity index (χ0) is 12.7. The Labute approximate surface area is 114 Å². The van der Waals surface area contributed by atoms with Crippen LogP contribution in [0.3, 0.4) is 0 Å². The molecule has 0 aliphatic rings. The van der Waals surface area contributed by atoms with Crippen LogP contribution >= 0.6 is 15.9 Å². The fourth-order valence-electron chi connectivity index (χ4n) is 1.90. The van der Waals surface area contributed by atoms with Crippen molar-refractivity contribution in [3.63, 3.8) is 0 Å². The van der Waals surface area contributed by atoms with Gasteiger partial charge in [0.2, 0.25) is 0 Å². The molecule has 0 heterocycles. The molecule has 2 heteroatoms. The first-order valence-electron chi connectivity index (χ1n) is 6.34. The average molecular weight is 299 g/mol. The normalized spacial score (nSPS) is 12.8. The second kappa shape index (κ2) is 7.75. The van der Waals surface area contributed by atoms with Crippen molar-refractivity contribution in [1.82, 2.24) is 0 Å². The number of alkyl halides is 1. The summed E-state index contributed by atoms with van der Waals surface area (Å²) in [5, 5.41) is 1.09. The first kappa shape index (κ1) is 14.6. The maximum Gasteiger partial charge on any atom is 0.118 e. The number of ether oxygens (including phenoxy) is 1. The van der Waals surface area contributed by atoms with Gasteiger partial charge in [0.05, 0.1) is 7.11 Å². The molecule has 0 radical (unpaired) electrons. The molecule has 0 saturated heterocycles. The van der Waals surface area contributed by atoms with Gasteiger partial charge in [-0.2, -0.15) is 0 Å². The Morgan fingerprint density at radius 1 is 1.12 bits per heavy atom. The zero-order valence-electron chi connectivity index (χ0n) is 11.1. The molecule has 0 aromatic heterocycles. The van der Waals surface area contributed by atoms with E-state index in [1.54, 1.807) is 7.11 Å². The molecule has 1 rings (SSSR count). The SMILES string of the molecule is COc1ccc(CC(CBr)CCC(C)C)cc1. The molecule has 96 valence electrons. The van der Waals surface area contributed by atoms with Crippen molar-refractivity contribution >= 4 is 15.9 Å². The summed E-state index contributed by atoms with van der Waals surface area (Å²) < 4.78 is 5.17. The van der Waals surface area contributed by atoms with Crippen LogP contribution in [-0.4, -0.2) is 12.4 Å². The van der Waals surface area contributed by atoms with Gasteiger partial charge in [0.1, 0.15) is 5.75 Å². The second-order valence-corrected chi connectivity index (χ2v) is 5.69. The van der Waals surface area contributed by atoms with Crippen LogP contribution in [0.1, 0.15) is 32.3 Å². The van der Waals surface area contributed by atoms with Crippen molar-refractivity contribution in [2.45, 2.75) is 33.1 Å². The van der Waals surface area contributed by atoms with Crippen molar-refractivity contribution in [1.29, 1.82) is 0 Å². The molecule has 0 bridgehead atoms. The van der Waals surface area contributed by atoms with Crippen LogP contribution < -0.4 is 4.74 Å². The fraction of sp³-hybridized carbons (Fsp3) is 0.600. The van der Waals surface area contributed by atoms with Crippen LogP contribution in [-0.2, 0) is 6.42 Å². The van der Waals surface area contributed by atoms with Gasteiger partial charge < -0.3 is 4.74 Å².